The van der Waals surface area contributed by atoms with Crippen LogP contribution in [0.3, 0.4) is 0 Å². The van der Waals surface area contributed by atoms with Gasteiger partial charge in [-0.25, -0.2) is 4.98 Å². The van der Waals surface area contributed by atoms with Gasteiger partial charge >= 0.3 is 0 Å². The number of hydrogen-bond acceptors (Lipinski definition) is 5. The number of benzene rings is 2. The highest BCUT2D eigenvalue weighted by Gasteiger charge is 2.16. The molecule has 0 spiro atoms. The molecule has 0 radical (unpaired) electrons. The third kappa shape index (κ3) is 4.88. The third-order valence-corrected chi connectivity index (χ3v) is 5.53. The van der Waals surface area contributed by atoms with Crippen LogP contribution in [0.4, 0.5) is 5.82 Å². The maximum atomic E-state index is 12.6. The number of aromatic nitrogens is 3. The molecule has 168 valence electrons. The van der Waals surface area contributed by atoms with Crippen molar-refractivity contribution in [2.45, 2.75) is 26.7 Å². The molecule has 7 nitrogen and oxygen atoms in total. The molecule has 0 aliphatic heterocycles. The predicted octanol–water partition coefficient (Wildman–Crippen LogP) is 5.30. The molecule has 4 rings (SSSR count). The molecular weight excluding hydrogens is 440 g/mol. The monoisotopic (exact) mass is 462 g/mol. The number of halogens is 1. The maximum Gasteiger partial charge on any atom is 0.225 e. The van der Waals surface area contributed by atoms with Crippen LogP contribution in [-0.4, -0.2) is 33.6 Å². The second-order valence-electron chi connectivity index (χ2n) is 7.71. The zero-order valence-electron chi connectivity index (χ0n) is 18.6. The minimum absolute atomic E-state index is 0.0453. The van der Waals surface area contributed by atoms with E-state index in [9.17, 15) is 9.59 Å². The Morgan fingerprint density at radius 2 is 1.82 bits per heavy atom. The molecule has 0 fully saturated rings. The van der Waals surface area contributed by atoms with Gasteiger partial charge in [0.25, 0.3) is 0 Å². The van der Waals surface area contributed by atoms with Gasteiger partial charge in [0.15, 0.2) is 11.6 Å². The number of Topliss-reactive ketones (excluding diaryl/α,β-unsaturated/α-hetero) is 1. The number of ether oxygens (including phenoxy) is 1. The van der Waals surface area contributed by atoms with E-state index in [1.807, 2.05) is 38.1 Å². The van der Waals surface area contributed by atoms with Gasteiger partial charge in [-0.05, 0) is 55.8 Å². The van der Waals surface area contributed by atoms with Gasteiger partial charge in [-0.2, -0.15) is 9.78 Å². The number of carbonyl (C=O) groups excluding carboxylic acids is 2. The second kappa shape index (κ2) is 9.42. The molecule has 2 aromatic heterocycles. The van der Waals surface area contributed by atoms with Gasteiger partial charge in [-0.1, -0.05) is 23.7 Å². The number of hydrogen-bond donors (Lipinski definition) is 1. The summed E-state index contributed by atoms with van der Waals surface area (Å²) in [6, 6.07) is 16.1. The summed E-state index contributed by atoms with van der Waals surface area (Å²) >= 11 is 5.86. The summed E-state index contributed by atoms with van der Waals surface area (Å²) < 4.78 is 7.06. The lowest BCUT2D eigenvalue weighted by molar-refractivity contribution is -0.116. The number of rotatable bonds is 7. The number of amides is 1. The SMILES string of the molecule is COc1cccc2c(C)cc(-n3nc(C)cc3NC(=O)CCC(=O)c3ccc(Cl)cc3)nc12. The first-order valence-electron chi connectivity index (χ1n) is 10.5. The van der Waals surface area contributed by atoms with Crippen molar-refractivity contribution in [3.8, 4) is 11.6 Å². The van der Waals surface area contributed by atoms with E-state index in [0.717, 1.165) is 16.6 Å². The standard InChI is InChI=1S/C25H23ClN4O3/c1-15-13-22(28-25-19(15)5-4-6-21(25)33-3)30-23(14-16(2)29-30)27-24(32)12-11-20(31)17-7-9-18(26)10-8-17/h4-10,13-14H,11-12H2,1-3H3,(H,27,32). The minimum Gasteiger partial charge on any atom is -0.494 e. The van der Waals surface area contributed by atoms with Crippen molar-refractivity contribution in [3.63, 3.8) is 0 Å². The van der Waals surface area contributed by atoms with E-state index < -0.39 is 0 Å². The average Bonchev–Trinajstić information content (AvgIpc) is 3.17. The quantitative estimate of drug-likeness (QED) is 0.376. The molecule has 1 amide bonds. The van der Waals surface area contributed by atoms with Crippen LogP contribution >= 0.6 is 11.6 Å². The highest BCUT2D eigenvalue weighted by molar-refractivity contribution is 6.30. The van der Waals surface area contributed by atoms with Crippen LogP contribution in [0.25, 0.3) is 16.7 Å². The zero-order valence-corrected chi connectivity index (χ0v) is 19.3. The first-order chi connectivity index (χ1) is 15.9. The molecule has 0 saturated heterocycles. The summed E-state index contributed by atoms with van der Waals surface area (Å²) in [5, 5.41) is 8.90. The van der Waals surface area contributed by atoms with E-state index in [1.165, 1.54) is 0 Å². The average molecular weight is 463 g/mol. The van der Waals surface area contributed by atoms with Crippen LogP contribution in [0.5, 0.6) is 5.75 Å². The van der Waals surface area contributed by atoms with Crippen molar-refractivity contribution in [2.24, 2.45) is 0 Å². The van der Waals surface area contributed by atoms with Gasteiger partial charge in [-0.15, -0.1) is 0 Å². The van der Waals surface area contributed by atoms with Gasteiger partial charge in [-0.3, -0.25) is 9.59 Å². The Bertz CT molecular complexity index is 1350. The predicted molar refractivity (Wildman–Crippen MR) is 129 cm³/mol. The van der Waals surface area contributed by atoms with E-state index in [2.05, 4.69) is 10.4 Å². The number of nitrogens with zero attached hydrogens (tertiary/aromatic N) is 3. The van der Waals surface area contributed by atoms with Gasteiger partial charge in [0.2, 0.25) is 5.91 Å². The number of aryl methyl sites for hydroxylation is 2. The van der Waals surface area contributed by atoms with Crippen molar-refractivity contribution in [1.29, 1.82) is 0 Å². The maximum absolute atomic E-state index is 12.6. The first-order valence-corrected chi connectivity index (χ1v) is 10.8. The number of carbonyl (C=O) groups is 2. The van der Waals surface area contributed by atoms with Crippen LogP contribution in [-0.2, 0) is 4.79 Å². The summed E-state index contributed by atoms with van der Waals surface area (Å²) in [5.74, 6) is 1.30. The van der Waals surface area contributed by atoms with Crippen LogP contribution in [0.2, 0.25) is 5.02 Å². The summed E-state index contributed by atoms with van der Waals surface area (Å²) in [6.07, 6.45) is 0.134. The van der Waals surface area contributed by atoms with Gasteiger partial charge in [0, 0.05) is 34.9 Å². The van der Waals surface area contributed by atoms with Crippen LogP contribution in [0, 0.1) is 13.8 Å². The highest BCUT2D eigenvalue weighted by Crippen LogP contribution is 2.28. The van der Waals surface area contributed by atoms with Crippen molar-refractivity contribution >= 4 is 40.0 Å². The summed E-state index contributed by atoms with van der Waals surface area (Å²) in [4.78, 5) is 29.7. The zero-order chi connectivity index (χ0) is 23.5. The molecule has 33 heavy (non-hydrogen) atoms. The number of methoxy groups -OCH3 is 1. The van der Waals surface area contributed by atoms with E-state index in [0.29, 0.717) is 33.5 Å². The number of anilines is 1. The highest BCUT2D eigenvalue weighted by atomic mass is 35.5. The third-order valence-electron chi connectivity index (χ3n) is 5.28. The van der Waals surface area contributed by atoms with E-state index in [1.54, 1.807) is 42.1 Å². The van der Waals surface area contributed by atoms with Gasteiger partial charge in [0.05, 0.1) is 12.8 Å². The Kier molecular flexibility index (Phi) is 6.42. The molecule has 0 saturated carbocycles. The lowest BCUT2D eigenvalue weighted by atomic mass is 10.1. The van der Waals surface area contributed by atoms with Crippen molar-refractivity contribution in [3.05, 3.63) is 76.4 Å². The minimum atomic E-state index is -0.284. The normalized spacial score (nSPS) is 10.9. The van der Waals surface area contributed by atoms with E-state index >= 15 is 0 Å². The fourth-order valence-electron chi connectivity index (χ4n) is 3.62. The molecule has 2 aromatic carbocycles. The van der Waals surface area contributed by atoms with E-state index in [4.69, 9.17) is 21.3 Å². The number of ketones is 1. The van der Waals surface area contributed by atoms with Gasteiger partial charge < -0.3 is 10.1 Å². The van der Waals surface area contributed by atoms with Gasteiger partial charge in [0.1, 0.15) is 17.1 Å². The fourth-order valence-corrected chi connectivity index (χ4v) is 3.75. The number of pyridine rings is 1. The lowest BCUT2D eigenvalue weighted by Crippen LogP contribution is -2.16. The Morgan fingerprint density at radius 3 is 2.55 bits per heavy atom. The smallest absolute Gasteiger partial charge is 0.225 e. The molecule has 0 bridgehead atoms. The first kappa shape index (κ1) is 22.5. The Hall–Kier alpha value is -3.71. The van der Waals surface area contributed by atoms with Crippen molar-refractivity contribution in [1.82, 2.24) is 14.8 Å². The molecule has 4 aromatic rings. The fraction of sp³-hybridized carbons (Fsp3) is 0.200. The molecule has 2 heterocycles. The summed E-state index contributed by atoms with van der Waals surface area (Å²) in [7, 11) is 1.60. The van der Waals surface area contributed by atoms with Crippen LogP contribution < -0.4 is 10.1 Å². The Balaban J connectivity index is 1.55. The molecule has 1 N–H and O–H groups in total. The van der Waals surface area contributed by atoms with Crippen molar-refractivity contribution in [2.75, 3.05) is 12.4 Å². The van der Waals surface area contributed by atoms with Crippen LogP contribution in [0.15, 0.2) is 54.6 Å². The molecule has 0 unspecified atom stereocenters. The van der Waals surface area contributed by atoms with Crippen molar-refractivity contribution < 1.29 is 14.3 Å². The molecule has 0 aliphatic carbocycles. The second-order valence-corrected chi connectivity index (χ2v) is 8.15. The van der Waals surface area contributed by atoms with E-state index in [-0.39, 0.29) is 24.5 Å². The molecule has 0 aliphatic rings. The number of para-hydroxylation sites is 1. The van der Waals surface area contributed by atoms with Crippen LogP contribution in [0.1, 0.15) is 34.5 Å². The summed E-state index contributed by atoms with van der Waals surface area (Å²) in [6.45, 7) is 3.83. The Morgan fingerprint density at radius 1 is 1.06 bits per heavy atom. The molecule has 0 atom stereocenters. The Labute approximate surface area is 196 Å². The lowest BCUT2D eigenvalue weighted by Gasteiger charge is -2.12. The molecule has 8 heteroatoms. The topological polar surface area (TPSA) is 86.1 Å². The number of nitrogens with one attached hydrogen (secondary N) is 1. The molecular formula is C25H23ClN4O3. The largest absolute Gasteiger partial charge is 0.494 e. The number of fused-ring (bicyclic) bond motifs is 1. The summed E-state index contributed by atoms with van der Waals surface area (Å²) in [5.41, 5.74) is 2.97.